The summed E-state index contributed by atoms with van der Waals surface area (Å²) in [5.74, 6) is 0. The maximum Gasteiger partial charge on any atom is 0.00787 e. The second-order valence-electron chi connectivity index (χ2n) is 1.19. The van der Waals surface area contributed by atoms with E-state index < -0.39 is 0 Å². The van der Waals surface area contributed by atoms with Crippen molar-refractivity contribution in [2.75, 3.05) is 0 Å². The molecule has 0 aromatic heterocycles. The van der Waals surface area contributed by atoms with Crippen LogP contribution in [0.4, 0.5) is 0 Å². The van der Waals surface area contributed by atoms with Crippen LogP contribution in [0.3, 0.4) is 0 Å². The van der Waals surface area contributed by atoms with Crippen molar-refractivity contribution in [3.8, 4) is 0 Å². The van der Waals surface area contributed by atoms with Crippen LogP contribution in [0, 0.1) is 0 Å². The molecule has 0 heterocycles. The van der Waals surface area contributed by atoms with Crippen molar-refractivity contribution in [1.29, 1.82) is 0 Å². The van der Waals surface area contributed by atoms with E-state index in [1.165, 1.54) is 6.42 Å². The molecule has 0 spiro atoms. The van der Waals surface area contributed by atoms with Crippen LogP contribution in [0.15, 0.2) is 0 Å². The number of hydrogen-bond acceptors (Lipinski definition) is 0. The first-order valence-corrected chi connectivity index (χ1v) is 3.16. The Morgan fingerprint density at radius 2 is 1.83 bits per heavy atom. The fourth-order valence-corrected chi connectivity index (χ4v) is 0. The average Bonchev–Trinajstić information content (AvgIpc) is 1.38. The van der Waals surface area contributed by atoms with Crippen molar-refractivity contribution in [2.45, 2.75) is 24.2 Å². The third-order valence-electron chi connectivity index (χ3n) is 0.563. The zero-order valence-corrected chi connectivity index (χ0v) is 9.49. The van der Waals surface area contributed by atoms with Gasteiger partial charge in [-0.1, -0.05) is 36.4 Å². The van der Waals surface area contributed by atoms with E-state index in [0.29, 0.717) is 0 Å². The van der Waals surface area contributed by atoms with Gasteiger partial charge in [0.15, 0.2) is 0 Å². The van der Waals surface area contributed by atoms with Gasteiger partial charge in [0.25, 0.3) is 0 Å². The molecule has 0 aromatic rings. The molecular formula is C4H9IZn. The summed E-state index contributed by atoms with van der Waals surface area (Å²) in [4.78, 5) is 0. The van der Waals surface area contributed by atoms with Crippen molar-refractivity contribution in [3.63, 3.8) is 0 Å². The van der Waals surface area contributed by atoms with Crippen molar-refractivity contribution in [3.05, 3.63) is 0 Å². The summed E-state index contributed by atoms with van der Waals surface area (Å²) in [5.41, 5.74) is 0. The number of rotatable bonds is 1. The number of hydrogen-bond donors (Lipinski definition) is 0. The second kappa shape index (κ2) is 6.35. The maximum atomic E-state index is 2.41. The number of halogens is 1. The van der Waals surface area contributed by atoms with E-state index in [0.717, 1.165) is 3.92 Å². The molecule has 0 rings (SSSR count). The molecule has 0 radical (unpaired) electrons. The Hall–Kier alpha value is 1.35. The van der Waals surface area contributed by atoms with E-state index in [4.69, 9.17) is 0 Å². The Morgan fingerprint density at radius 1 is 1.67 bits per heavy atom. The molecular weight excluding hydrogens is 240 g/mol. The predicted octanol–water partition coefficient (Wildman–Crippen LogP) is 2.22. The van der Waals surface area contributed by atoms with E-state index in [2.05, 4.69) is 36.4 Å². The summed E-state index contributed by atoms with van der Waals surface area (Å²) in [6, 6.07) is 0. The molecule has 0 aliphatic heterocycles. The van der Waals surface area contributed by atoms with Gasteiger partial charge in [-0.15, -0.1) is 0 Å². The summed E-state index contributed by atoms with van der Waals surface area (Å²) >= 11 is 2.41. The van der Waals surface area contributed by atoms with Gasteiger partial charge >= 0.3 is 0 Å². The van der Waals surface area contributed by atoms with E-state index in [-0.39, 0.29) is 19.5 Å². The first-order chi connectivity index (χ1) is 2.27. The largest absolute Gasteiger partial charge is 0.0829 e. The monoisotopic (exact) mass is 248 g/mol. The summed E-state index contributed by atoms with van der Waals surface area (Å²) in [7, 11) is 0. The maximum absolute atomic E-state index is 2.41. The molecule has 0 aliphatic rings. The molecule has 0 saturated carbocycles. The van der Waals surface area contributed by atoms with Crippen molar-refractivity contribution in [1.82, 2.24) is 0 Å². The summed E-state index contributed by atoms with van der Waals surface area (Å²) in [6.45, 7) is 4.40. The van der Waals surface area contributed by atoms with Crippen LogP contribution in [-0.4, -0.2) is 3.92 Å². The summed E-state index contributed by atoms with van der Waals surface area (Å²) in [5, 5.41) is 0. The molecule has 0 amide bonds. The number of alkyl halides is 1. The van der Waals surface area contributed by atoms with Crippen molar-refractivity contribution >= 4 is 22.6 Å². The quantitative estimate of drug-likeness (QED) is 0.380. The summed E-state index contributed by atoms with van der Waals surface area (Å²) < 4.78 is 0.854. The minimum atomic E-state index is 0. The Bertz CT molecular complexity index is 21.5. The van der Waals surface area contributed by atoms with Crippen LogP contribution in [0.25, 0.3) is 0 Å². The van der Waals surface area contributed by atoms with Gasteiger partial charge in [0.2, 0.25) is 0 Å². The van der Waals surface area contributed by atoms with E-state index in [1.54, 1.807) is 0 Å². The molecule has 0 fully saturated rings. The molecule has 0 aromatic carbocycles. The fourth-order valence-electron chi connectivity index (χ4n) is 0. The first kappa shape index (κ1) is 10.4. The third kappa shape index (κ3) is 9.02. The third-order valence-corrected chi connectivity index (χ3v) is 1.44. The molecule has 34 valence electrons. The van der Waals surface area contributed by atoms with E-state index in [1.807, 2.05) is 0 Å². The van der Waals surface area contributed by atoms with Gasteiger partial charge in [0, 0.05) is 23.4 Å². The van der Waals surface area contributed by atoms with E-state index in [9.17, 15) is 0 Å². The van der Waals surface area contributed by atoms with Crippen LogP contribution in [0.1, 0.15) is 20.3 Å². The van der Waals surface area contributed by atoms with Crippen LogP contribution in [-0.2, 0) is 19.5 Å². The Kier molecular flexibility index (Phi) is 11.0. The molecule has 0 bridgehead atoms. The second-order valence-corrected chi connectivity index (χ2v) is 3.32. The minimum absolute atomic E-state index is 0. The molecule has 1 atom stereocenters. The van der Waals surface area contributed by atoms with Gasteiger partial charge in [-0.05, 0) is 6.42 Å². The fraction of sp³-hybridized carbons (Fsp3) is 1.00. The minimum Gasteiger partial charge on any atom is -0.0829 e. The SMILES string of the molecule is CCC(C)I.[Zn]. The topological polar surface area (TPSA) is 0 Å². The van der Waals surface area contributed by atoms with Crippen molar-refractivity contribution in [2.24, 2.45) is 0 Å². The van der Waals surface area contributed by atoms with Gasteiger partial charge in [-0.3, -0.25) is 0 Å². The zero-order valence-electron chi connectivity index (χ0n) is 4.37. The zero-order chi connectivity index (χ0) is 4.28. The average molecular weight is 249 g/mol. The van der Waals surface area contributed by atoms with Gasteiger partial charge in [-0.25, -0.2) is 0 Å². The van der Waals surface area contributed by atoms with Gasteiger partial charge in [0.05, 0.1) is 0 Å². The standard InChI is InChI=1S/C4H9I.Zn/c1-3-4(2)5;/h4H,3H2,1-2H3;. The van der Waals surface area contributed by atoms with Crippen molar-refractivity contribution < 1.29 is 19.5 Å². The molecule has 0 aliphatic carbocycles. The van der Waals surface area contributed by atoms with Crippen LogP contribution in [0.5, 0.6) is 0 Å². The predicted molar refractivity (Wildman–Crippen MR) is 33.8 cm³/mol. The van der Waals surface area contributed by atoms with Crippen LogP contribution < -0.4 is 0 Å². The Balaban J connectivity index is 0. The summed E-state index contributed by atoms with van der Waals surface area (Å²) in [6.07, 6.45) is 1.29. The first-order valence-electron chi connectivity index (χ1n) is 1.91. The Morgan fingerprint density at radius 3 is 1.83 bits per heavy atom. The van der Waals surface area contributed by atoms with Gasteiger partial charge < -0.3 is 0 Å². The molecule has 0 N–H and O–H groups in total. The molecule has 0 saturated heterocycles. The Labute approximate surface area is 66.0 Å². The molecule has 2 heteroatoms. The molecule has 1 unspecified atom stereocenters. The van der Waals surface area contributed by atoms with E-state index >= 15 is 0 Å². The normalized spacial score (nSPS) is 12.5. The van der Waals surface area contributed by atoms with Gasteiger partial charge in [-0.2, -0.15) is 0 Å². The van der Waals surface area contributed by atoms with Crippen LogP contribution in [0.2, 0.25) is 0 Å². The van der Waals surface area contributed by atoms with Crippen LogP contribution >= 0.6 is 22.6 Å². The molecule has 0 nitrogen and oxygen atoms in total. The smallest absolute Gasteiger partial charge is 0.00787 e. The molecule has 6 heavy (non-hydrogen) atoms. The van der Waals surface area contributed by atoms with Gasteiger partial charge in [0.1, 0.15) is 0 Å².